The van der Waals surface area contributed by atoms with Gasteiger partial charge in [0.2, 0.25) is 5.91 Å². The van der Waals surface area contributed by atoms with Crippen LogP contribution in [-0.4, -0.2) is 41.9 Å². The third-order valence-electron chi connectivity index (χ3n) is 4.82. The molecule has 120 valence electrons. The summed E-state index contributed by atoms with van der Waals surface area (Å²) in [6.07, 6.45) is 5.84. The molecule has 1 unspecified atom stereocenters. The van der Waals surface area contributed by atoms with Crippen LogP contribution in [0.25, 0.3) is 0 Å². The normalized spacial score (nSPS) is 23.5. The first kappa shape index (κ1) is 16.0. The van der Waals surface area contributed by atoms with Crippen LogP contribution in [0.5, 0.6) is 0 Å². The summed E-state index contributed by atoms with van der Waals surface area (Å²) in [5.74, 6) is 0.609. The summed E-state index contributed by atoms with van der Waals surface area (Å²) < 4.78 is 1.13. The Bertz CT molecular complexity index is 514. The van der Waals surface area contributed by atoms with Crippen LogP contribution in [-0.2, 0) is 11.3 Å². The molecule has 3 rings (SSSR count). The van der Waals surface area contributed by atoms with Gasteiger partial charge in [-0.15, -0.1) is 0 Å². The molecule has 22 heavy (non-hydrogen) atoms. The molecule has 2 saturated heterocycles. The maximum absolute atomic E-state index is 12.7. The van der Waals surface area contributed by atoms with Crippen molar-refractivity contribution in [3.63, 3.8) is 0 Å². The molecule has 4 heteroatoms. The van der Waals surface area contributed by atoms with Crippen molar-refractivity contribution < 1.29 is 4.79 Å². The highest BCUT2D eigenvalue weighted by atomic mass is 79.9. The number of likely N-dealkylation sites (tertiary alicyclic amines) is 2. The van der Waals surface area contributed by atoms with Gasteiger partial charge in [0.1, 0.15) is 0 Å². The van der Waals surface area contributed by atoms with Crippen molar-refractivity contribution in [1.29, 1.82) is 0 Å². The Labute approximate surface area is 141 Å². The van der Waals surface area contributed by atoms with Gasteiger partial charge >= 0.3 is 0 Å². The SMILES string of the molecule is O=C(C1CCCN(Cc2cccc(Br)c2)C1)N1CCCCC1. The average Bonchev–Trinajstić information content (AvgIpc) is 2.55. The van der Waals surface area contributed by atoms with Gasteiger partial charge in [0, 0.05) is 30.7 Å². The van der Waals surface area contributed by atoms with Crippen molar-refractivity contribution in [1.82, 2.24) is 9.80 Å². The second-order valence-corrected chi connectivity index (χ2v) is 7.51. The van der Waals surface area contributed by atoms with Crippen LogP contribution in [0, 0.1) is 5.92 Å². The molecule has 0 N–H and O–H groups in total. The fourth-order valence-corrected chi connectivity index (χ4v) is 4.11. The second kappa shape index (κ2) is 7.60. The first-order chi connectivity index (χ1) is 10.7. The van der Waals surface area contributed by atoms with Crippen molar-refractivity contribution in [3.05, 3.63) is 34.3 Å². The van der Waals surface area contributed by atoms with Crippen molar-refractivity contribution in [2.45, 2.75) is 38.6 Å². The van der Waals surface area contributed by atoms with Crippen molar-refractivity contribution in [2.24, 2.45) is 5.92 Å². The van der Waals surface area contributed by atoms with Crippen LogP contribution < -0.4 is 0 Å². The number of carbonyl (C=O) groups excluding carboxylic acids is 1. The number of benzene rings is 1. The summed E-state index contributed by atoms with van der Waals surface area (Å²) in [4.78, 5) is 17.2. The van der Waals surface area contributed by atoms with Gasteiger partial charge < -0.3 is 4.90 Å². The molecule has 0 saturated carbocycles. The highest BCUT2D eigenvalue weighted by molar-refractivity contribution is 9.10. The van der Waals surface area contributed by atoms with Gasteiger partial charge in [0.05, 0.1) is 5.92 Å². The molecule has 1 atom stereocenters. The Kier molecular flexibility index (Phi) is 5.53. The molecule has 1 aromatic carbocycles. The minimum Gasteiger partial charge on any atom is -0.342 e. The topological polar surface area (TPSA) is 23.6 Å². The van der Waals surface area contributed by atoms with E-state index in [0.717, 1.165) is 50.0 Å². The first-order valence-corrected chi connectivity index (χ1v) is 9.27. The summed E-state index contributed by atoms with van der Waals surface area (Å²) >= 11 is 3.53. The molecule has 2 fully saturated rings. The van der Waals surface area contributed by atoms with Crippen LogP contribution in [0.1, 0.15) is 37.7 Å². The highest BCUT2D eigenvalue weighted by Crippen LogP contribution is 2.23. The summed E-state index contributed by atoms with van der Waals surface area (Å²) in [5, 5.41) is 0. The van der Waals surface area contributed by atoms with E-state index < -0.39 is 0 Å². The standard InChI is InChI=1S/C18H25BrN2O/c19-17-8-4-6-15(12-17)13-20-9-5-7-16(14-20)18(22)21-10-2-1-3-11-21/h4,6,8,12,16H,1-3,5,7,9-11,13-14H2. The van der Waals surface area contributed by atoms with Crippen molar-refractivity contribution in [3.8, 4) is 0 Å². The minimum atomic E-state index is 0.207. The van der Waals surface area contributed by atoms with Gasteiger partial charge in [0.15, 0.2) is 0 Å². The Hall–Kier alpha value is -0.870. The molecule has 2 aliphatic rings. The van der Waals surface area contributed by atoms with E-state index >= 15 is 0 Å². The lowest BCUT2D eigenvalue weighted by Crippen LogP contribution is -2.46. The lowest BCUT2D eigenvalue weighted by atomic mass is 9.95. The fraction of sp³-hybridized carbons (Fsp3) is 0.611. The van der Waals surface area contributed by atoms with E-state index in [2.05, 4.69) is 50.0 Å². The van der Waals surface area contributed by atoms with Crippen LogP contribution in [0.4, 0.5) is 0 Å². The smallest absolute Gasteiger partial charge is 0.226 e. The van der Waals surface area contributed by atoms with Gasteiger partial charge in [-0.1, -0.05) is 28.1 Å². The largest absolute Gasteiger partial charge is 0.342 e. The zero-order chi connectivity index (χ0) is 15.4. The third-order valence-corrected chi connectivity index (χ3v) is 5.31. The minimum absolute atomic E-state index is 0.207. The number of halogens is 1. The highest BCUT2D eigenvalue weighted by Gasteiger charge is 2.29. The molecular formula is C18H25BrN2O. The van der Waals surface area contributed by atoms with Gasteiger partial charge in [0.25, 0.3) is 0 Å². The second-order valence-electron chi connectivity index (χ2n) is 6.59. The van der Waals surface area contributed by atoms with Crippen LogP contribution >= 0.6 is 15.9 Å². The molecule has 0 aliphatic carbocycles. The number of nitrogens with zero attached hydrogens (tertiary/aromatic N) is 2. The zero-order valence-electron chi connectivity index (χ0n) is 13.1. The molecule has 1 amide bonds. The summed E-state index contributed by atoms with van der Waals surface area (Å²) in [6, 6.07) is 8.49. The van der Waals surface area contributed by atoms with E-state index in [1.165, 1.54) is 24.8 Å². The quantitative estimate of drug-likeness (QED) is 0.816. The van der Waals surface area contributed by atoms with Crippen LogP contribution in [0.2, 0.25) is 0 Å². The summed E-state index contributed by atoms with van der Waals surface area (Å²) in [7, 11) is 0. The molecule has 2 heterocycles. The van der Waals surface area contributed by atoms with E-state index in [0.29, 0.717) is 5.91 Å². The summed E-state index contributed by atoms with van der Waals surface area (Å²) in [6.45, 7) is 4.92. The van der Waals surface area contributed by atoms with Crippen molar-refractivity contribution in [2.75, 3.05) is 26.2 Å². The van der Waals surface area contributed by atoms with Crippen molar-refractivity contribution >= 4 is 21.8 Å². The van der Waals surface area contributed by atoms with E-state index in [9.17, 15) is 4.79 Å². The molecule has 0 aromatic heterocycles. The van der Waals surface area contributed by atoms with E-state index in [1.807, 2.05) is 0 Å². The maximum Gasteiger partial charge on any atom is 0.226 e. The Morgan fingerprint density at radius 2 is 1.95 bits per heavy atom. The molecule has 1 aromatic rings. The third kappa shape index (κ3) is 4.11. The van der Waals surface area contributed by atoms with Gasteiger partial charge in [-0.25, -0.2) is 0 Å². The van der Waals surface area contributed by atoms with E-state index in [4.69, 9.17) is 0 Å². The monoisotopic (exact) mass is 364 g/mol. The molecule has 0 spiro atoms. The lowest BCUT2D eigenvalue weighted by Gasteiger charge is -2.36. The first-order valence-electron chi connectivity index (χ1n) is 8.48. The van der Waals surface area contributed by atoms with Crippen LogP contribution in [0.3, 0.4) is 0 Å². The van der Waals surface area contributed by atoms with Gasteiger partial charge in [-0.05, 0) is 56.3 Å². The Balaban J connectivity index is 1.57. The maximum atomic E-state index is 12.7. The Morgan fingerprint density at radius 3 is 2.73 bits per heavy atom. The number of carbonyl (C=O) groups is 1. The fourth-order valence-electron chi connectivity index (χ4n) is 3.67. The molecule has 0 bridgehead atoms. The number of hydrogen-bond donors (Lipinski definition) is 0. The molecular weight excluding hydrogens is 340 g/mol. The van der Waals surface area contributed by atoms with Crippen LogP contribution in [0.15, 0.2) is 28.7 Å². The number of rotatable bonds is 3. The predicted octanol–water partition coefficient (Wildman–Crippen LogP) is 3.67. The number of amides is 1. The molecule has 0 radical (unpaired) electrons. The van der Waals surface area contributed by atoms with E-state index in [-0.39, 0.29) is 5.92 Å². The zero-order valence-corrected chi connectivity index (χ0v) is 14.7. The Morgan fingerprint density at radius 1 is 1.14 bits per heavy atom. The average molecular weight is 365 g/mol. The number of piperidine rings is 2. The predicted molar refractivity (Wildman–Crippen MR) is 92.6 cm³/mol. The lowest BCUT2D eigenvalue weighted by molar-refractivity contribution is -0.138. The summed E-state index contributed by atoms with van der Waals surface area (Å²) in [5.41, 5.74) is 1.32. The van der Waals surface area contributed by atoms with Gasteiger partial charge in [-0.2, -0.15) is 0 Å². The van der Waals surface area contributed by atoms with Gasteiger partial charge in [-0.3, -0.25) is 9.69 Å². The number of hydrogen-bond acceptors (Lipinski definition) is 2. The molecule has 3 nitrogen and oxygen atoms in total. The van der Waals surface area contributed by atoms with E-state index in [1.54, 1.807) is 0 Å². The molecule has 2 aliphatic heterocycles.